The monoisotopic (exact) mass is 202 g/mol. The first-order chi connectivity index (χ1) is 6.02. The fourth-order valence-corrected chi connectivity index (χ4v) is 0.965. The van der Waals surface area contributed by atoms with E-state index in [4.69, 9.17) is 21.6 Å². The highest BCUT2D eigenvalue weighted by atomic mass is 35.5. The van der Waals surface area contributed by atoms with Gasteiger partial charge in [-0.3, -0.25) is 0 Å². The van der Waals surface area contributed by atoms with Crippen LogP contribution in [0.4, 0.5) is 5.82 Å². The minimum atomic E-state index is -1.78. The first-order valence-corrected chi connectivity index (χ1v) is 3.56. The normalized spacial score (nSPS) is 9.77. The molecule has 13 heavy (non-hydrogen) atoms. The average Bonchev–Trinajstić information content (AvgIpc) is 2.03. The Morgan fingerprint density at radius 2 is 2.23 bits per heavy atom. The molecule has 0 saturated carbocycles. The molecule has 6 nitrogen and oxygen atoms in total. The number of hydrogen-bond donors (Lipinski definition) is 2. The van der Waals surface area contributed by atoms with Crippen LogP contribution in [0.5, 0.6) is 0 Å². The molecule has 68 valence electrons. The Hall–Kier alpha value is -1.18. The molecule has 1 heterocycles. The van der Waals surface area contributed by atoms with Crippen LogP contribution in [0.15, 0.2) is 12.3 Å². The number of pyridine rings is 1. The number of nitro groups is 1. The van der Waals surface area contributed by atoms with Gasteiger partial charge in [0.05, 0.1) is 11.1 Å². The van der Waals surface area contributed by atoms with Gasteiger partial charge in [-0.1, -0.05) is 11.6 Å². The Kier molecular flexibility index (Phi) is 2.81. The second kappa shape index (κ2) is 3.69. The molecule has 0 radical (unpaired) electrons. The van der Waals surface area contributed by atoms with Crippen LogP contribution in [0.3, 0.4) is 0 Å². The van der Waals surface area contributed by atoms with Crippen molar-refractivity contribution in [3.05, 3.63) is 27.4 Å². The molecule has 0 atom stereocenters. The molecule has 0 aliphatic carbocycles. The molecular weight excluding hydrogens is 198 g/mol. The van der Waals surface area contributed by atoms with Crippen molar-refractivity contribution < 1.29 is 15.0 Å². The molecule has 0 aliphatic rings. The zero-order valence-corrected chi connectivity index (χ0v) is 6.97. The SMILES string of the molecule is O=[N+]([O-])c1cc(Cl)c(B(O)O)cn1. The van der Waals surface area contributed by atoms with Crippen molar-refractivity contribution >= 4 is 30.0 Å². The van der Waals surface area contributed by atoms with Crippen LogP contribution < -0.4 is 5.46 Å². The maximum absolute atomic E-state index is 10.2. The van der Waals surface area contributed by atoms with E-state index >= 15 is 0 Å². The molecule has 0 amide bonds. The molecule has 0 unspecified atom stereocenters. The summed E-state index contributed by atoms with van der Waals surface area (Å²) in [5.41, 5.74) is -0.0627. The maximum Gasteiger partial charge on any atom is 0.493 e. The molecule has 1 aromatic heterocycles. The topological polar surface area (TPSA) is 96.5 Å². The first-order valence-electron chi connectivity index (χ1n) is 3.18. The second-order valence-corrected chi connectivity index (χ2v) is 2.60. The van der Waals surface area contributed by atoms with E-state index in [0.29, 0.717) is 0 Å². The summed E-state index contributed by atoms with van der Waals surface area (Å²) in [5.74, 6) is -0.436. The number of hydrogen-bond acceptors (Lipinski definition) is 5. The predicted octanol–water partition coefficient (Wildman–Crippen LogP) is -0.677. The predicted molar refractivity (Wildman–Crippen MR) is 45.7 cm³/mol. The molecular formula is C5H4BClN2O4. The van der Waals surface area contributed by atoms with E-state index < -0.39 is 17.9 Å². The van der Waals surface area contributed by atoms with Gasteiger partial charge >= 0.3 is 12.9 Å². The Morgan fingerprint density at radius 1 is 1.62 bits per heavy atom. The van der Waals surface area contributed by atoms with E-state index in [9.17, 15) is 10.1 Å². The van der Waals surface area contributed by atoms with Crippen LogP contribution in [0.1, 0.15) is 0 Å². The van der Waals surface area contributed by atoms with Crippen LogP contribution in [-0.2, 0) is 0 Å². The van der Waals surface area contributed by atoms with E-state index in [1.54, 1.807) is 0 Å². The second-order valence-electron chi connectivity index (χ2n) is 2.19. The van der Waals surface area contributed by atoms with E-state index in [1.165, 1.54) is 0 Å². The standard InChI is InChI=1S/C5H4BClN2O4/c7-4-1-5(9(12)13)8-2-3(4)6(10)11/h1-2,10-11H. The minimum absolute atomic E-state index is 0.0627. The lowest BCUT2D eigenvalue weighted by Gasteiger charge is -1.98. The summed E-state index contributed by atoms with van der Waals surface area (Å²) in [6, 6.07) is 0.955. The fourth-order valence-electron chi connectivity index (χ4n) is 0.721. The molecule has 0 fully saturated rings. The van der Waals surface area contributed by atoms with Crippen LogP contribution in [0, 0.1) is 10.1 Å². The third-order valence-corrected chi connectivity index (χ3v) is 1.66. The largest absolute Gasteiger partial charge is 0.493 e. The lowest BCUT2D eigenvalue weighted by atomic mass is 9.82. The Morgan fingerprint density at radius 3 is 2.62 bits per heavy atom. The van der Waals surface area contributed by atoms with Gasteiger partial charge in [0, 0.05) is 5.46 Å². The van der Waals surface area contributed by atoms with Gasteiger partial charge in [-0.25, -0.2) is 0 Å². The van der Waals surface area contributed by atoms with Gasteiger partial charge in [0.2, 0.25) is 0 Å². The third-order valence-electron chi connectivity index (χ3n) is 1.33. The minimum Gasteiger partial charge on any atom is -0.423 e. The smallest absolute Gasteiger partial charge is 0.423 e. The highest BCUT2D eigenvalue weighted by Gasteiger charge is 2.20. The highest BCUT2D eigenvalue weighted by Crippen LogP contribution is 2.12. The van der Waals surface area contributed by atoms with Gasteiger partial charge < -0.3 is 20.2 Å². The highest BCUT2D eigenvalue weighted by molar-refractivity contribution is 6.62. The van der Waals surface area contributed by atoms with Crippen molar-refractivity contribution in [3.8, 4) is 0 Å². The Bertz CT molecular complexity index is 345. The summed E-state index contributed by atoms with van der Waals surface area (Å²) >= 11 is 5.50. The molecule has 0 bridgehead atoms. The summed E-state index contributed by atoms with van der Waals surface area (Å²) in [7, 11) is -1.78. The van der Waals surface area contributed by atoms with Crippen molar-refractivity contribution in [3.63, 3.8) is 0 Å². The van der Waals surface area contributed by atoms with E-state index in [2.05, 4.69) is 4.98 Å². The van der Waals surface area contributed by atoms with Gasteiger partial charge in [-0.05, 0) is 9.91 Å². The van der Waals surface area contributed by atoms with E-state index in [0.717, 1.165) is 12.3 Å². The summed E-state index contributed by atoms with van der Waals surface area (Å²) in [6.45, 7) is 0. The molecule has 0 spiro atoms. The third kappa shape index (κ3) is 2.14. The summed E-state index contributed by atoms with van der Waals surface area (Å²) in [6.07, 6.45) is 0.950. The maximum atomic E-state index is 10.2. The lowest BCUT2D eigenvalue weighted by Crippen LogP contribution is -2.31. The van der Waals surface area contributed by atoms with Crippen LogP contribution in [-0.4, -0.2) is 27.1 Å². The van der Waals surface area contributed by atoms with Gasteiger partial charge in [0.25, 0.3) is 0 Å². The molecule has 1 rings (SSSR count). The summed E-state index contributed by atoms with van der Waals surface area (Å²) < 4.78 is 0. The molecule has 0 aliphatic heterocycles. The van der Waals surface area contributed by atoms with E-state index in [1.807, 2.05) is 0 Å². The fraction of sp³-hybridized carbons (Fsp3) is 0. The number of rotatable bonds is 2. The Labute approximate surface area is 78.1 Å². The van der Waals surface area contributed by atoms with Gasteiger partial charge in [-0.2, -0.15) is 0 Å². The van der Waals surface area contributed by atoms with Crippen molar-refractivity contribution in [1.29, 1.82) is 0 Å². The van der Waals surface area contributed by atoms with Crippen molar-refractivity contribution in [2.24, 2.45) is 0 Å². The van der Waals surface area contributed by atoms with Crippen molar-refractivity contribution in [2.45, 2.75) is 0 Å². The first kappa shape index (κ1) is 9.91. The molecule has 1 aromatic rings. The summed E-state index contributed by atoms with van der Waals surface area (Å²) in [4.78, 5) is 12.8. The average molecular weight is 202 g/mol. The number of nitrogens with zero attached hydrogens (tertiary/aromatic N) is 2. The molecule has 0 saturated heterocycles. The number of halogens is 1. The van der Waals surface area contributed by atoms with Crippen LogP contribution in [0.2, 0.25) is 5.02 Å². The van der Waals surface area contributed by atoms with E-state index in [-0.39, 0.29) is 10.5 Å². The van der Waals surface area contributed by atoms with Crippen LogP contribution >= 0.6 is 11.6 Å². The van der Waals surface area contributed by atoms with Crippen molar-refractivity contribution in [1.82, 2.24) is 4.98 Å². The van der Waals surface area contributed by atoms with Gasteiger partial charge in [0.1, 0.15) is 6.20 Å². The molecule has 8 heteroatoms. The van der Waals surface area contributed by atoms with Crippen molar-refractivity contribution in [2.75, 3.05) is 0 Å². The summed E-state index contributed by atoms with van der Waals surface area (Å²) in [5, 5.41) is 27.5. The zero-order chi connectivity index (χ0) is 10.0. The quantitative estimate of drug-likeness (QED) is 0.376. The lowest BCUT2D eigenvalue weighted by molar-refractivity contribution is -0.389. The Balaban J connectivity index is 3.13. The molecule has 2 N–H and O–H groups in total. The van der Waals surface area contributed by atoms with Crippen LogP contribution in [0.25, 0.3) is 0 Å². The van der Waals surface area contributed by atoms with Gasteiger partial charge in [0.15, 0.2) is 0 Å². The zero-order valence-electron chi connectivity index (χ0n) is 6.22. The van der Waals surface area contributed by atoms with Gasteiger partial charge in [-0.15, -0.1) is 0 Å². The molecule has 0 aromatic carbocycles. The number of aromatic nitrogens is 1.